The molecule has 0 radical (unpaired) electrons. The van der Waals surface area contributed by atoms with Gasteiger partial charge in [-0.3, -0.25) is 0 Å². The van der Waals surface area contributed by atoms with Crippen molar-refractivity contribution in [3.05, 3.63) is 36.8 Å². The third-order valence-corrected chi connectivity index (χ3v) is 3.05. The Bertz CT molecular complexity index is 312. The number of rotatable bonds is 2. The van der Waals surface area contributed by atoms with Crippen LogP contribution in [0.2, 0.25) is 0 Å². The van der Waals surface area contributed by atoms with Gasteiger partial charge >= 0.3 is 0 Å². The van der Waals surface area contributed by atoms with Crippen LogP contribution in [0.5, 0.6) is 5.75 Å². The van der Waals surface area contributed by atoms with Gasteiger partial charge in [0, 0.05) is 9.46 Å². The molecule has 0 N–H and O–H groups in total. The van der Waals surface area contributed by atoms with E-state index in [0.29, 0.717) is 0 Å². The van der Waals surface area contributed by atoms with Gasteiger partial charge in [-0.25, -0.2) is 0 Å². The Morgan fingerprint density at radius 3 is 2.08 bits per heavy atom. The second kappa shape index (κ2) is 5.53. The molecule has 0 aliphatic carbocycles. The molecule has 0 atom stereocenters. The van der Waals surface area contributed by atoms with Gasteiger partial charge in [0.2, 0.25) is 0 Å². The van der Waals surface area contributed by atoms with Crippen LogP contribution in [-0.4, -0.2) is 0 Å². The zero-order valence-electron chi connectivity index (χ0n) is 6.23. The minimum atomic E-state index is 0.749. The summed E-state index contributed by atoms with van der Waals surface area (Å²) in [6, 6.07) is 3.84. The fraction of sp³-hybridized carbons (Fsp3) is 0. The molecular formula is C8H4Br4O. The van der Waals surface area contributed by atoms with Crippen molar-refractivity contribution in [2.24, 2.45) is 0 Å². The lowest BCUT2D eigenvalue weighted by molar-refractivity contribution is 0.476. The van der Waals surface area contributed by atoms with Gasteiger partial charge in [-0.05, 0) is 44.0 Å². The van der Waals surface area contributed by atoms with Crippen LogP contribution in [0.25, 0.3) is 0 Å². The van der Waals surface area contributed by atoms with Crippen LogP contribution in [0.3, 0.4) is 0 Å². The van der Waals surface area contributed by atoms with Crippen LogP contribution in [0.4, 0.5) is 0 Å². The topological polar surface area (TPSA) is 9.23 Å². The molecule has 0 unspecified atom stereocenters. The second-order valence-electron chi connectivity index (χ2n) is 2.08. The monoisotopic (exact) mass is 432 g/mol. The van der Waals surface area contributed by atoms with Crippen molar-refractivity contribution in [2.75, 3.05) is 0 Å². The van der Waals surface area contributed by atoms with Crippen molar-refractivity contribution in [1.82, 2.24) is 0 Å². The van der Waals surface area contributed by atoms with Crippen LogP contribution in [-0.2, 0) is 0 Å². The lowest BCUT2D eigenvalue weighted by atomic mass is 10.3. The molecule has 1 nitrogen and oxygen atoms in total. The number of benzene rings is 1. The molecule has 13 heavy (non-hydrogen) atoms. The van der Waals surface area contributed by atoms with Crippen LogP contribution in [0, 0.1) is 0 Å². The van der Waals surface area contributed by atoms with Crippen molar-refractivity contribution < 1.29 is 4.74 Å². The lowest BCUT2D eigenvalue weighted by Gasteiger charge is -2.06. The zero-order chi connectivity index (χ0) is 9.84. The first-order valence-electron chi connectivity index (χ1n) is 3.21. The summed E-state index contributed by atoms with van der Waals surface area (Å²) in [6.45, 7) is 0. The quantitative estimate of drug-likeness (QED) is 0.579. The molecule has 70 valence electrons. The van der Waals surface area contributed by atoms with E-state index in [1.807, 2.05) is 12.1 Å². The van der Waals surface area contributed by atoms with E-state index in [1.54, 1.807) is 11.2 Å². The highest BCUT2D eigenvalue weighted by molar-refractivity contribution is 9.11. The minimum absolute atomic E-state index is 0.749. The maximum absolute atomic E-state index is 5.33. The SMILES string of the molecule is Br/C=C/Oc1c(Br)cc(Br)cc1Br. The highest BCUT2D eigenvalue weighted by Gasteiger charge is 2.06. The molecule has 0 amide bonds. The smallest absolute Gasteiger partial charge is 0.154 e. The fourth-order valence-electron chi connectivity index (χ4n) is 0.735. The maximum Gasteiger partial charge on any atom is 0.154 e. The van der Waals surface area contributed by atoms with Gasteiger partial charge in [0.25, 0.3) is 0 Å². The first kappa shape index (κ1) is 11.8. The third-order valence-electron chi connectivity index (χ3n) is 1.20. The van der Waals surface area contributed by atoms with Crippen molar-refractivity contribution >= 4 is 63.7 Å². The number of hydrogen-bond acceptors (Lipinski definition) is 1. The molecule has 0 saturated carbocycles. The molecule has 0 saturated heterocycles. The Labute approximate surface area is 110 Å². The largest absolute Gasteiger partial charge is 0.462 e. The van der Waals surface area contributed by atoms with Gasteiger partial charge in [0.1, 0.15) is 0 Å². The predicted octanol–water partition coefficient (Wildman–Crippen LogP) is 5.22. The summed E-state index contributed by atoms with van der Waals surface area (Å²) in [6.07, 6.45) is 1.55. The molecule has 1 aromatic rings. The normalized spacial score (nSPS) is 10.8. The molecular weight excluding hydrogens is 432 g/mol. The highest BCUT2D eigenvalue weighted by Crippen LogP contribution is 2.36. The molecule has 0 spiro atoms. The van der Waals surface area contributed by atoms with Crippen molar-refractivity contribution in [1.29, 1.82) is 0 Å². The fourth-order valence-corrected chi connectivity index (χ4v) is 3.29. The summed E-state index contributed by atoms with van der Waals surface area (Å²) < 4.78 is 8.09. The zero-order valence-corrected chi connectivity index (χ0v) is 12.6. The Morgan fingerprint density at radius 2 is 1.62 bits per heavy atom. The van der Waals surface area contributed by atoms with Crippen LogP contribution in [0.15, 0.2) is 36.8 Å². The van der Waals surface area contributed by atoms with Crippen molar-refractivity contribution in [2.45, 2.75) is 0 Å². The van der Waals surface area contributed by atoms with E-state index in [9.17, 15) is 0 Å². The summed E-state index contributed by atoms with van der Waals surface area (Å²) in [5.41, 5.74) is 0. The van der Waals surface area contributed by atoms with Crippen LogP contribution < -0.4 is 4.74 Å². The Hall–Kier alpha value is 0.680. The summed E-state index contributed by atoms with van der Waals surface area (Å²) in [5.74, 6) is 0.749. The average molecular weight is 436 g/mol. The van der Waals surface area contributed by atoms with E-state index < -0.39 is 0 Å². The van der Waals surface area contributed by atoms with Crippen LogP contribution >= 0.6 is 63.7 Å². The first-order valence-corrected chi connectivity index (χ1v) is 6.51. The highest BCUT2D eigenvalue weighted by atomic mass is 79.9. The van der Waals surface area contributed by atoms with Gasteiger partial charge in [-0.2, -0.15) is 0 Å². The van der Waals surface area contributed by atoms with E-state index in [4.69, 9.17) is 4.74 Å². The van der Waals surface area contributed by atoms with Gasteiger partial charge in [-0.15, -0.1) is 0 Å². The first-order chi connectivity index (χ1) is 6.15. The average Bonchev–Trinajstić information content (AvgIpc) is 2.02. The van der Waals surface area contributed by atoms with E-state index in [0.717, 1.165) is 19.2 Å². The molecule has 0 aliphatic rings. The predicted molar refractivity (Wildman–Crippen MR) is 68.2 cm³/mol. The van der Waals surface area contributed by atoms with Gasteiger partial charge in [0.05, 0.1) is 15.2 Å². The van der Waals surface area contributed by atoms with Crippen molar-refractivity contribution in [3.63, 3.8) is 0 Å². The van der Waals surface area contributed by atoms with E-state index in [1.165, 1.54) is 0 Å². The summed E-state index contributed by atoms with van der Waals surface area (Å²) in [4.78, 5) is 1.65. The molecule has 0 bridgehead atoms. The molecule has 0 aliphatic heterocycles. The van der Waals surface area contributed by atoms with Gasteiger partial charge in [-0.1, -0.05) is 31.9 Å². The Morgan fingerprint density at radius 1 is 1.08 bits per heavy atom. The lowest BCUT2D eigenvalue weighted by Crippen LogP contribution is -1.84. The van der Waals surface area contributed by atoms with E-state index in [2.05, 4.69) is 63.7 Å². The minimum Gasteiger partial charge on any atom is -0.462 e. The number of ether oxygens (including phenoxy) is 1. The Balaban J connectivity index is 3.05. The number of halogens is 4. The summed E-state index contributed by atoms with van der Waals surface area (Å²) >= 11 is 13.3. The van der Waals surface area contributed by atoms with E-state index in [-0.39, 0.29) is 0 Å². The molecule has 1 aromatic carbocycles. The molecule has 0 fully saturated rings. The van der Waals surface area contributed by atoms with Gasteiger partial charge < -0.3 is 4.74 Å². The summed E-state index contributed by atoms with van der Waals surface area (Å²) in [5, 5.41) is 0. The van der Waals surface area contributed by atoms with Crippen LogP contribution in [0.1, 0.15) is 0 Å². The summed E-state index contributed by atoms with van der Waals surface area (Å²) in [7, 11) is 0. The third kappa shape index (κ3) is 3.38. The molecule has 0 heterocycles. The van der Waals surface area contributed by atoms with Crippen molar-refractivity contribution in [3.8, 4) is 5.75 Å². The second-order valence-corrected chi connectivity index (χ2v) is 5.23. The molecule has 1 rings (SSSR count). The molecule has 5 heteroatoms. The molecule has 0 aromatic heterocycles. The van der Waals surface area contributed by atoms with Gasteiger partial charge in [0.15, 0.2) is 5.75 Å². The van der Waals surface area contributed by atoms with E-state index >= 15 is 0 Å². The maximum atomic E-state index is 5.33. The standard InChI is InChI=1S/C8H4Br4O/c9-1-2-13-8-6(11)3-5(10)4-7(8)12/h1-4H/b2-1+. The Kier molecular flexibility index (Phi) is 5.00. The number of hydrogen-bond donors (Lipinski definition) is 0.